The molecule has 0 saturated carbocycles. The molecule has 1 unspecified atom stereocenters. The first-order chi connectivity index (χ1) is 9.93. The molecule has 5 heteroatoms. The van der Waals surface area contributed by atoms with Crippen molar-refractivity contribution in [3.8, 4) is 0 Å². The first-order valence-corrected chi connectivity index (χ1v) is 6.47. The largest absolute Gasteiger partial charge is 0.479 e. The van der Waals surface area contributed by atoms with Gasteiger partial charge in [-0.25, -0.2) is 9.59 Å². The van der Waals surface area contributed by atoms with Crippen LogP contribution in [0.3, 0.4) is 0 Å². The first kappa shape index (κ1) is 15.0. The Hall–Kier alpha value is -2.40. The number of rotatable bonds is 5. The van der Waals surface area contributed by atoms with Crippen molar-refractivity contribution in [2.75, 3.05) is 0 Å². The smallest absolute Gasteiger partial charge is 0.340 e. The zero-order valence-electron chi connectivity index (χ0n) is 11.6. The van der Waals surface area contributed by atoms with Crippen molar-refractivity contribution >= 4 is 11.9 Å². The molecule has 0 radical (unpaired) electrons. The highest BCUT2D eigenvalue weighted by molar-refractivity contribution is 5.91. The molecular formula is C16H16O5. The van der Waals surface area contributed by atoms with Gasteiger partial charge in [0, 0.05) is 12.0 Å². The molecule has 0 bridgehead atoms. The Labute approximate surface area is 122 Å². The normalized spacial score (nSPS) is 21.4. The third-order valence-electron chi connectivity index (χ3n) is 3.29. The second-order valence-electron chi connectivity index (χ2n) is 5.01. The van der Waals surface area contributed by atoms with Crippen LogP contribution in [0.4, 0.5) is 0 Å². The fraction of sp³-hybridized carbons (Fsp3) is 0.250. The maximum Gasteiger partial charge on any atom is 0.340 e. The third-order valence-corrected chi connectivity index (χ3v) is 3.29. The van der Waals surface area contributed by atoms with Crippen LogP contribution in [0.15, 0.2) is 53.6 Å². The molecular weight excluding hydrogens is 272 g/mol. The summed E-state index contributed by atoms with van der Waals surface area (Å²) in [4.78, 5) is 22.8. The van der Waals surface area contributed by atoms with Gasteiger partial charge in [-0.05, 0) is 24.6 Å². The zero-order chi connectivity index (χ0) is 15.5. The van der Waals surface area contributed by atoms with Crippen LogP contribution in [-0.2, 0) is 20.9 Å². The molecule has 1 aliphatic rings. The topological polar surface area (TPSA) is 83.8 Å². The van der Waals surface area contributed by atoms with Crippen molar-refractivity contribution in [3.05, 3.63) is 59.2 Å². The van der Waals surface area contributed by atoms with Gasteiger partial charge in [0.05, 0.1) is 6.61 Å². The molecule has 5 nitrogen and oxygen atoms in total. The van der Waals surface area contributed by atoms with Crippen LogP contribution in [0.1, 0.15) is 18.9 Å². The zero-order valence-corrected chi connectivity index (χ0v) is 11.6. The molecule has 110 valence electrons. The Bertz CT molecular complexity index is 615. The molecule has 1 aliphatic carbocycles. The van der Waals surface area contributed by atoms with E-state index in [-0.39, 0.29) is 18.6 Å². The SMILES string of the molecule is CC1=CC(OCc2ccccc2)(C(=O)O)CC(C(=O)O)=C1. The highest BCUT2D eigenvalue weighted by Crippen LogP contribution is 2.31. The van der Waals surface area contributed by atoms with Crippen LogP contribution in [0.25, 0.3) is 0 Å². The minimum Gasteiger partial charge on any atom is -0.479 e. The van der Waals surface area contributed by atoms with E-state index in [0.29, 0.717) is 5.57 Å². The van der Waals surface area contributed by atoms with E-state index in [1.165, 1.54) is 12.2 Å². The lowest BCUT2D eigenvalue weighted by Gasteiger charge is -2.30. The van der Waals surface area contributed by atoms with Crippen LogP contribution < -0.4 is 0 Å². The van der Waals surface area contributed by atoms with Crippen LogP contribution >= 0.6 is 0 Å². The average Bonchev–Trinajstić information content (AvgIpc) is 2.45. The van der Waals surface area contributed by atoms with E-state index in [4.69, 9.17) is 9.84 Å². The summed E-state index contributed by atoms with van der Waals surface area (Å²) in [5.74, 6) is -2.32. The van der Waals surface area contributed by atoms with E-state index in [1.807, 2.05) is 30.3 Å². The molecule has 2 N–H and O–H groups in total. The molecule has 0 amide bonds. The van der Waals surface area contributed by atoms with Crippen molar-refractivity contribution in [2.45, 2.75) is 25.6 Å². The molecule has 0 saturated heterocycles. The summed E-state index contributed by atoms with van der Waals surface area (Å²) in [6.07, 6.45) is 2.74. The molecule has 0 heterocycles. The van der Waals surface area contributed by atoms with Gasteiger partial charge in [-0.3, -0.25) is 0 Å². The molecule has 1 atom stereocenters. The van der Waals surface area contributed by atoms with Gasteiger partial charge in [0.1, 0.15) is 0 Å². The standard InChI is InChI=1S/C16H16O5/c1-11-7-13(14(17)18)9-16(8-11,15(19)20)21-10-12-5-3-2-4-6-12/h2-8H,9-10H2,1H3,(H,17,18)(H,19,20). The number of carboxylic acid groups (broad SMARTS) is 2. The number of carbonyl (C=O) groups is 2. The number of aliphatic carboxylic acids is 2. The van der Waals surface area contributed by atoms with Gasteiger partial charge < -0.3 is 14.9 Å². The van der Waals surface area contributed by atoms with Crippen LogP contribution in [-0.4, -0.2) is 27.8 Å². The van der Waals surface area contributed by atoms with Crippen molar-refractivity contribution in [1.82, 2.24) is 0 Å². The summed E-state index contributed by atoms with van der Waals surface area (Å²) in [6, 6.07) is 9.16. The lowest BCUT2D eigenvalue weighted by Crippen LogP contribution is -2.42. The highest BCUT2D eigenvalue weighted by atomic mass is 16.5. The van der Waals surface area contributed by atoms with E-state index in [0.717, 1.165) is 5.56 Å². The minimum absolute atomic E-state index is 0.0328. The van der Waals surface area contributed by atoms with E-state index in [2.05, 4.69) is 0 Å². The van der Waals surface area contributed by atoms with Crippen molar-refractivity contribution in [2.24, 2.45) is 0 Å². The Kier molecular flexibility index (Phi) is 4.23. The van der Waals surface area contributed by atoms with E-state index in [9.17, 15) is 14.7 Å². The second-order valence-corrected chi connectivity index (χ2v) is 5.01. The van der Waals surface area contributed by atoms with Gasteiger partial charge in [-0.1, -0.05) is 35.9 Å². The van der Waals surface area contributed by atoms with E-state index in [1.54, 1.807) is 6.92 Å². The number of carboxylic acids is 2. The number of allylic oxidation sites excluding steroid dienone is 2. The summed E-state index contributed by atoms with van der Waals surface area (Å²) >= 11 is 0. The number of benzene rings is 1. The third kappa shape index (κ3) is 3.38. The number of ether oxygens (including phenoxy) is 1. The quantitative estimate of drug-likeness (QED) is 0.869. The Morgan fingerprint density at radius 2 is 1.90 bits per heavy atom. The Balaban J connectivity index is 2.24. The average molecular weight is 288 g/mol. The van der Waals surface area contributed by atoms with Gasteiger partial charge in [0.25, 0.3) is 0 Å². The summed E-state index contributed by atoms with van der Waals surface area (Å²) in [6.45, 7) is 1.76. The minimum atomic E-state index is -1.64. The number of hydrogen-bond donors (Lipinski definition) is 2. The predicted molar refractivity (Wildman–Crippen MR) is 75.7 cm³/mol. The monoisotopic (exact) mass is 288 g/mol. The summed E-state index contributed by atoms with van der Waals surface area (Å²) < 4.78 is 5.59. The summed E-state index contributed by atoms with van der Waals surface area (Å²) in [5, 5.41) is 18.6. The second kappa shape index (κ2) is 5.93. The molecule has 2 rings (SSSR count). The molecule has 1 aromatic rings. The number of hydrogen-bond acceptors (Lipinski definition) is 3. The van der Waals surface area contributed by atoms with Gasteiger partial charge in [0.2, 0.25) is 0 Å². The summed E-state index contributed by atoms with van der Waals surface area (Å²) in [5.41, 5.74) is -0.210. The fourth-order valence-electron chi connectivity index (χ4n) is 2.28. The maximum atomic E-state index is 11.6. The van der Waals surface area contributed by atoms with E-state index < -0.39 is 17.5 Å². The highest BCUT2D eigenvalue weighted by Gasteiger charge is 2.41. The van der Waals surface area contributed by atoms with Gasteiger partial charge in [-0.15, -0.1) is 0 Å². The predicted octanol–water partition coefficient (Wildman–Crippen LogP) is 2.39. The molecule has 1 aromatic carbocycles. The lowest BCUT2D eigenvalue weighted by molar-refractivity contribution is -0.161. The van der Waals surface area contributed by atoms with Gasteiger partial charge in [0.15, 0.2) is 5.60 Å². The maximum absolute atomic E-state index is 11.6. The molecule has 21 heavy (non-hydrogen) atoms. The Morgan fingerprint density at radius 3 is 2.48 bits per heavy atom. The van der Waals surface area contributed by atoms with Crippen LogP contribution in [0, 0.1) is 0 Å². The first-order valence-electron chi connectivity index (χ1n) is 6.47. The summed E-state index contributed by atoms with van der Waals surface area (Å²) in [7, 11) is 0. The van der Waals surface area contributed by atoms with Crippen molar-refractivity contribution in [1.29, 1.82) is 0 Å². The molecule has 0 aromatic heterocycles. The Morgan fingerprint density at radius 1 is 1.24 bits per heavy atom. The van der Waals surface area contributed by atoms with Gasteiger partial charge in [-0.2, -0.15) is 0 Å². The molecule has 0 aliphatic heterocycles. The molecule has 0 fully saturated rings. The van der Waals surface area contributed by atoms with Crippen molar-refractivity contribution in [3.63, 3.8) is 0 Å². The van der Waals surface area contributed by atoms with Gasteiger partial charge >= 0.3 is 11.9 Å². The fourth-order valence-corrected chi connectivity index (χ4v) is 2.28. The van der Waals surface area contributed by atoms with Crippen LogP contribution in [0.2, 0.25) is 0 Å². The molecule has 0 spiro atoms. The van der Waals surface area contributed by atoms with E-state index >= 15 is 0 Å². The lowest BCUT2D eigenvalue weighted by atomic mass is 9.86. The van der Waals surface area contributed by atoms with Crippen molar-refractivity contribution < 1.29 is 24.5 Å². The van der Waals surface area contributed by atoms with Crippen LogP contribution in [0.5, 0.6) is 0 Å².